The molecule has 0 fully saturated rings. The number of unbranched alkanes of at least 4 members (excludes halogenated alkanes) is 13. The van der Waals surface area contributed by atoms with Crippen molar-refractivity contribution in [2.45, 2.75) is 109 Å². The number of likely N-dealkylation sites (N-methyl/N-ethyl adjacent to an activating group) is 1. The molecule has 0 aromatic carbocycles. The molecular weight excluding hydrogens is 330 g/mol. The first kappa shape index (κ1) is 24.9. The van der Waals surface area contributed by atoms with Gasteiger partial charge in [-0.25, -0.2) is 0 Å². The van der Waals surface area contributed by atoms with Gasteiger partial charge in [0.25, 0.3) is 5.91 Å². The smallest absolute Gasteiger partial charge is 0.306 e. The van der Waals surface area contributed by atoms with Gasteiger partial charge in [0, 0.05) is 13.6 Å². The largest absolute Gasteiger partial charge is 0.481 e. The summed E-state index contributed by atoms with van der Waals surface area (Å²) in [6.07, 6.45) is 16.1. The van der Waals surface area contributed by atoms with Crippen molar-refractivity contribution in [3.8, 4) is 0 Å². The summed E-state index contributed by atoms with van der Waals surface area (Å²) < 4.78 is 0. The SMILES string of the molecule is CCCCCCCCCCCCCCCCN(C)C(=O)C(O)CC(=O)O. The summed E-state index contributed by atoms with van der Waals surface area (Å²) in [5.41, 5.74) is 0. The van der Waals surface area contributed by atoms with Gasteiger partial charge in [0.15, 0.2) is 0 Å². The number of carbonyl (C=O) groups excluding carboxylic acids is 1. The van der Waals surface area contributed by atoms with E-state index in [-0.39, 0.29) is 0 Å². The van der Waals surface area contributed by atoms with Gasteiger partial charge in [-0.1, -0.05) is 90.4 Å². The average molecular weight is 372 g/mol. The molecule has 0 saturated carbocycles. The number of carbonyl (C=O) groups is 2. The van der Waals surface area contributed by atoms with Crippen molar-refractivity contribution in [1.82, 2.24) is 4.90 Å². The van der Waals surface area contributed by atoms with Gasteiger partial charge < -0.3 is 15.1 Å². The van der Waals surface area contributed by atoms with E-state index in [1.165, 1.54) is 81.9 Å². The van der Waals surface area contributed by atoms with Crippen LogP contribution < -0.4 is 0 Å². The Morgan fingerprint density at radius 1 is 0.769 bits per heavy atom. The minimum absolute atomic E-state index is 0.498. The van der Waals surface area contributed by atoms with Gasteiger partial charge >= 0.3 is 5.97 Å². The summed E-state index contributed by atoms with van der Waals surface area (Å²) >= 11 is 0. The highest BCUT2D eigenvalue weighted by atomic mass is 16.4. The Morgan fingerprint density at radius 2 is 1.15 bits per heavy atom. The van der Waals surface area contributed by atoms with Crippen LogP contribution in [0.3, 0.4) is 0 Å². The zero-order valence-corrected chi connectivity index (χ0v) is 17.0. The molecular formula is C21H41NO4. The summed E-state index contributed by atoms with van der Waals surface area (Å²) in [5, 5.41) is 18.1. The maximum Gasteiger partial charge on any atom is 0.306 e. The lowest BCUT2D eigenvalue weighted by Gasteiger charge is -2.19. The zero-order chi connectivity index (χ0) is 19.6. The van der Waals surface area contributed by atoms with E-state index in [1.54, 1.807) is 7.05 Å². The van der Waals surface area contributed by atoms with E-state index in [4.69, 9.17) is 5.11 Å². The number of amides is 1. The predicted octanol–water partition coefficient (Wildman–Crippen LogP) is 4.76. The molecule has 1 amide bonds. The Bertz CT molecular complexity index is 360. The number of carboxylic acids is 1. The minimum Gasteiger partial charge on any atom is -0.481 e. The van der Waals surface area contributed by atoms with Crippen molar-refractivity contribution >= 4 is 11.9 Å². The summed E-state index contributed by atoms with van der Waals surface area (Å²) in [5.74, 6) is -1.65. The molecule has 0 radical (unpaired) electrons. The first-order valence-corrected chi connectivity index (χ1v) is 10.6. The number of hydrogen-bond donors (Lipinski definition) is 2. The molecule has 1 atom stereocenters. The van der Waals surface area contributed by atoms with Crippen LogP contribution in [0.4, 0.5) is 0 Å². The van der Waals surface area contributed by atoms with Gasteiger partial charge in [0.1, 0.15) is 6.10 Å². The molecule has 0 aromatic rings. The molecule has 5 heteroatoms. The van der Waals surface area contributed by atoms with Crippen molar-refractivity contribution < 1.29 is 19.8 Å². The number of rotatable bonds is 18. The molecule has 0 bridgehead atoms. The molecule has 5 nitrogen and oxygen atoms in total. The fourth-order valence-electron chi connectivity index (χ4n) is 3.16. The summed E-state index contributed by atoms with van der Waals surface area (Å²) in [7, 11) is 1.62. The van der Waals surface area contributed by atoms with E-state index in [9.17, 15) is 14.7 Å². The molecule has 0 saturated heterocycles. The Morgan fingerprint density at radius 3 is 1.54 bits per heavy atom. The fraction of sp³-hybridized carbons (Fsp3) is 0.905. The second-order valence-corrected chi connectivity index (χ2v) is 7.47. The third-order valence-electron chi connectivity index (χ3n) is 4.88. The molecule has 1 unspecified atom stereocenters. The highest BCUT2D eigenvalue weighted by Gasteiger charge is 2.21. The van der Waals surface area contributed by atoms with Gasteiger partial charge in [-0.05, 0) is 6.42 Å². The summed E-state index contributed by atoms with van der Waals surface area (Å²) in [6, 6.07) is 0. The summed E-state index contributed by atoms with van der Waals surface area (Å²) in [4.78, 5) is 23.7. The normalized spacial score (nSPS) is 12.1. The molecule has 0 rings (SSSR count). The second kappa shape index (κ2) is 17.3. The van der Waals surface area contributed by atoms with Gasteiger partial charge in [-0.3, -0.25) is 9.59 Å². The highest BCUT2D eigenvalue weighted by molar-refractivity contribution is 5.84. The maximum absolute atomic E-state index is 11.8. The molecule has 0 heterocycles. The number of carboxylic acid groups (broad SMARTS) is 1. The van der Waals surface area contributed by atoms with Gasteiger partial charge in [0.05, 0.1) is 6.42 Å². The first-order chi connectivity index (χ1) is 12.5. The third-order valence-corrected chi connectivity index (χ3v) is 4.88. The lowest BCUT2D eigenvalue weighted by molar-refractivity contribution is -0.147. The molecule has 26 heavy (non-hydrogen) atoms. The molecule has 0 spiro atoms. The van der Waals surface area contributed by atoms with Crippen LogP contribution in [0.5, 0.6) is 0 Å². The molecule has 0 aliphatic carbocycles. The Labute approximate surface area is 160 Å². The lowest BCUT2D eigenvalue weighted by atomic mass is 10.0. The topological polar surface area (TPSA) is 77.8 Å². The Kier molecular flexibility index (Phi) is 16.6. The predicted molar refractivity (Wildman–Crippen MR) is 106 cm³/mol. The first-order valence-electron chi connectivity index (χ1n) is 10.6. The number of hydrogen-bond acceptors (Lipinski definition) is 3. The highest BCUT2D eigenvalue weighted by Crippen LogP contribution is 2.13. The van der Waals surface area contributed by atoms with Gasteiger partial charge in [0.2, 0.25) is 0 Å². The van der Waals surface area contributed by atoms with E-state index in [0.717, 1.165) is 12.8 Å². The number of aliphatic carboxylic acids is 1. The Hall–Kier alpha value is -1.10. The molecule has 0 aromatic heterocycles. The van der Waals surface area contributed by atoms with Crippen molar-refractivity contribution in [2.24, 2.45) is 0 Å². The molecule has 2 N–H and O–H groups in total. The van der Waals surface area contributed by atoms with E-state index in [1.807, 2.05) is 0 Å². The monoisotopic (exact) mass is 371 g/mol. The van der Waals surface area contributed by atoms with Gasteiger partial charge in [-0.2, -0.15) is 0 Å². The van der Waals surface area contributed by atoms with Crippen LogP contribution in [0.25, 0.3) is 0 Å². The lowest BCUT2D eigenvalue weighted by Crippen LogP contribution is -2.38. The number of nitrogens with zero attached hydrogens (tertiary/aromatic N) is 1. The van der Waals surface area contributed by atoms with E-state index >= 15 is 0 Å². The zero-order valence-electron chi connectivity index (χ0n) is 17.0. The van der Waals surface area contributed by atoms with E-state index in [0.29, 0.717) is 6.54 Å². The standard InChI is InChI=1S/C21H41NO4/c1-3-4-5-6-7-8-9-10-11-12-13-14-15-16-17-22(2)21(26)19(23)18-20(24)25/h19,23H,3-18H2,1-2H3,(H,24,25). The van der Waals surface area contributed by atoms with Crippen LogP contribution in [0.2, 0.25) is 0 Å². The van der Waals surface area contributed by atoms with Crippen molar-refractivity contribution in [3.63, 3.8) is 0 Å². The number of aliphatic hydroxyl groups excluding tert-OH is 1. The van der Waals surface area contributed by atoms with Crippen molar-refractivity contribution in [3.05, 3.63) is 0 Å². The van der Waals surface area contributed by atoms with E-state index in [2.05, 4.69) is 6.92 Å². The third kappa shape index (κ3) is 15.2. The quantitative estimate of drug-likeness (QED) is 0.340. The second-order valence-electron chi connectivity index (χ2n) is 7.47. The molecule has 0 aliphatic heterocycles. The van der Waals surface area contributed by atoms with Crippen LogP contribution in [-0.4, -0.2) is 46.7 Å². The van der Waals surface area contributed by atoms with Crippen LogP contribution in [-0.2, 0) is 9.59 Å². The van der Waals surface area contributed by atoms with E-state index < -0.39 is 24.4 Å². The molecule has 0 aliphatic rings. The average Bonchev–Trinajstić information content (AvgIpc) is 2.60. The van der Waals surface area contributed by atoms with Crippen LogP contribution in [0.15, 0.2) is 0 Å². The fourth-order valence-corrected chi connectivity index (χ4v) is 3.16. The number of aliphatic hydroxyl groups is 1. The maximum atomic E-state index is 11.8. The summed E-state index contributed by atoms with van der Waals surface area (Å²) in [6.45, 7) is 2.83. The van der Waals surface area contributed by atoms with Gasteiger partial charge in [-0.15, -0.1) is 0 Å². The van der Waals surface area contributed by atoms with Crippen molar-refractivity contribution in [2.75, 3.05) is 13.6 Å². The molecule has 154 valence electrons. The van der Waals surface area contributed by atoms with Crippen LogP contribution >= 0.6 is 0 Å². The van der Waals surface area contributed by atoms with Crippen LogP contribution in [0.1, 0.15) is 103 Å². The van der Waals surface area contributed by atoms with Crippen LogP contribution in [0, 0.1) is 0 Å². The minimum atomic E-state index is -1.43. The van der Waals surface area contributed by atoms with Crippen molar-refractivity contribution in [1.29, 1.82) is 0 Å². The Balaban J connectivity index is 3.37.